The molecule has 0 radical (unpaired) electrons. The molecule has 1 aromatic heterocycles. The van der Waals surface area contributed by atoms with Crippen LogP contribution in [0.2, 0.25) is 0 Å². The van der Waals surface area contributed by atoms with Crippen molar-refractivity contribution in [3.63, 3.8) is 0 Å². The number of hydrogen-bond acceptors (Lipinski definition) is 4. The number of H-pyrrole nitrogens is 1. The molecule has 1 aromatic carbocycles. The number of hydrogen-bond donors (Lipinski definition) is 4. The number of aliphatic hydroxyl groups is 1. The van der Waals surface area contributed by atoms with Crippen LogP contribution in [0.5, 0.6) is 0 Å². The van der Waals surface area contributed by atoms with Gasteiger partial charge in [-0.3, -0.25) is 0 Å². The maximum Gasteiger partial charge on any atom is 0.416 e. The third-order valence-electron chi connectivity index (χ3n) is 4.29. The van der Waals surface area contributed by atoms with E-state index in [9.17, 15) is 18.3 Å². The molecule has 2 heterocycles. The Balaban J connectivity index is 2.06. The smallest absolute Gasteiger partial charge is 0.392 e. The van der Waals surface area contributed by atoms with Gasteiger partial charge < -0.3 is 20.7 Å². The summed E-state index contributed by atoms with van der Waals surface area (Å²) >= 11 is 0. The summed E-state index contributed by atoms with van der Waals surface area (Å²) in [6.07, 6.45) is -3.53. The van der Waals surface area contributed by atoms with Crippen LogP contribution < -0.4 is 15.9 Å². The zero-order chi connectivity index (χ0) is 19.8. The van der Waals surface area contributed by atoms with Crippen molar-refractivity contribution in [1.29, 1.82) is 0 Å². The quantitative estimate of drug-likeness (QED) is 0.599. The fourth-order valence-electron chi connectivity index (χ4n) is 2.99. The molecule has 0 saturated carbocycles. The monoisotopic (exact) mass is 398 g/mol. The summed E-state index contributed by atoms with van der Waals surface area (Å²) in [6, 6.07) is 5.69. The lowest BCUT2D eigenvalue weighted by molar-refractivity contribution is -0.0918. The number of alkyl halides is 3. The number of guanidine groups is 1. The number of para-hydroxylation sites is 1. The van der Waals surface area contributed by atoms with Crippen LogP contribution in [0.15, 0.2) is 35.0 Å². The van der Waals surface area contributed by atoms with Crippen LogP contribution in [0.25, 0.3) is 16.6 Å². The minimum Gasteiger partial charge on any atom is -0.392 e. The van der Waals surface area contributed by atoms with Crippen molar-refractivity contribution in [2.75, 3.05) is 26.4 Å². The number of aromatic nitrogens is 1. The third-order valence-corrected chi connectivity index (χ3v) is 5.63. The molecule has 1 aliphatic rings. The van der Waals surface area contributed by atoms with E-state index >= 15 is 0 Å². The van der Waals surface area contributed by atoms with Crippen molar-refractivity contribution in [3.05, 3.63) is 35.5 Å². The molecule has 1 unspecified atom stereocenters. The number of nitrogens with one attached hydrogen (secondary N) is 3. The topological polar surface area (TPSA) is 72.4 Å². The van der Waals surface area contributed by atoms with Crippen LogP contribution in [0, 0.1) is 0 Å². The van der Waals surface area contributed by atoms with Crippen LogP contribution in [0.4, 0.5) is 13.2 Å². The summed E-state index contributed by atoms with van der Waals surface area (Å²) in [6.45, 7) is 5.51. The summed E-state index contributed by atoms with van der Waals surface area (Å²) in [7, 11) is -0.409. The van der Waals surface area contributed by atoms with Gasteiger partial charge in [-0.15, -0.1) is 0 Å². The van der Waals surface area contributed by atoms with Crippen molar-refractivity contribution in [2.45, 2.75) is 19.2 Å². The molecule has 0 fully saturated rings. The Bertz CT molecular complexity index is 900. The van der Waals surface area contributed by atoms with Gasteiger partial charge in [-0.2, -0.15) is 13.2 Å². The first-order valence-electron chi connectivity index (χ1n) is 8.50. The zero-order valence-electron chi connectivity index (χ0n) is 15.3. The fraction of sp³-hybridized carbons (Fsp3) is 0.389. The summed E-state index contributed by atoms with van der Waals surface area (Å²) in [4.78, 5) is 7.08. The average Bonchev–Trinajstić information content (AvgIpc) is 3.02. The van der Waals surface area contributed by atoms with E-state index in [0.29, 0.717) is 5.56 Å². The first-order chi connectivity index (χ1) is 12.7. The largest absolute Gasteiger partial charge is 0.416 e. The summed E-state index contributed by atoms with van der Waals surface area (Å²) in [5.41, 5.74) is 0.597. The van der Waals surface area contributed by atoms with Crippen molar-refractivity contribution in [3.8, 4) is 0 Å². The van der Waals surface area contributed by atoms with Gasteiger partial charge in [-0.1, -0.05) is 26.1 Å². The van der Waals surface area contributed by atoms with Gasteiger partial charge >= 0.3 is 6.18 Å². The molecule has 1 atom stereocenters. The summed E-state index contributed by atoms with van der Waals surface area (Å²) in [5.74, 6) is 0.220. The van der Waals surface area contributed by atoms with E-state index in [0.717, 1.165) is 16.2 Å². The Morgan fingerprint density at radius 2 is 2.07 bits per heavy atom. The number of aliphatic imine (C=N–C) groups is 1. The van der Waals surface area contributed by atoms with E-state index in [4.69, 9.17) is 0 Å². The fourth-order valence-corrected chi connectivity index (χ4v) is 4.01. The lowest BCUT2D eigenvalue weighted by Crippen LogP contribution is -2.43. The van der Waals surface area contributed by atoms with Gasteiger partial charge in [0.15, 0.2) is 5.96 Å². The normalized spacial score (nSPS) is 16.5. The molecule has 5 nitrogen and oxygen atoms in total. The molecule has 0 amide bonds. The number of benzene rings is 1. The highest BCUT2D eigenvalue weighted by Gasteiger charge is 2.39. The molecule has 0 bridgehead atoms. The average molecular weight is 398 g/mol. The second-order valence-corrected chi connectivity index (χ2v) is 8.94. The molecule has 0 spiro atoms. The number of fused-ring (bicyclic) bond motifs is 1. The minimum atomic E-state index is -4.50. The number of aliphatic hydroxyl groups excluding tert-OH is 1. The molecule has 2 aromatic rings. The van der Waals surface area contributed by atoms with E-state index in [1.165, 1.54) is 0 Å². The van der Waals surface area contributed by atoms with Crippen molar-refractivity contribution >= 4 is 35.8 Å². The Kier molecular flexibility index (Phi) is 5.49. The maximum atomic E-state index is 13.6. The molecule has 146 valence electrons. The molecule has 3 rings (SSSR count). The predicted molar refractivity (Wildman–Crippen MR) is 105 cm³/mol. The second kappa shape index (κ2) is 7.52. The lowest BCUT2D eigenvalue weighted by atomic mass is 10.0. The van der Waals surface area contributed by atoms with E-state index < -0.39 is 32.3 Å². The summed E-state index contributed by atoms with van der Waals surface area (Å²) < 4.78 is 40.8. The van der Waals surface area contributed by atoms with Gasteiger partial charge in [0.2, 0.25) is 0 Å². The van der Waals surface area contributed by atoms with E-state index in [1.54, 1.807) is 13.1 Å². The second-order valence-electron chi connectivity index (χ2n) is 6.67. The molecule has 1 aliphatic heterocycles. The van der Waals surface area contributed by atoms with Gasteiger partial charge in [0, 0.05) is 23.7 Å². The molecule has 27 heavy (non-hydrogen) atoms. The van der Waals surface area contributed by atoms with Crippen LogP contribution in [0.3, 0.4) is 0 Å². The first-order valence-corrected chi connectivity index (χ1v) is 10.7. The van der Waals surface area contributed by atoms with Crippen LogP contribution in [-0.2, 0) is 0 Å². The highest BCUT2D eigenvalue weighted by Crippen LogP contribution is 2.36. The van der Waals surface area contributed by atoms with E-state index in [1.807, 2.05) is 18.2 Å². The summed E-state index contributed by atoms with van der Waals surface area (Å²) in [5, 5.41) is 16.9. The van der Waals surface area contributed by atoms with Crippen molar-refractivity contribution < 1.29 is 18.3 Å². The number of aromatic amines is 1. The third kappa shape index (κ3) is 4.12. The van der Waals surface area contributed by atoms with Gasteiger partial charge in [0.1, 0.15) is 0 Å². The standard InChI is InChI=1S/C18H22F3N4OP/c1-10(26)7-23-17-24-9-13(18(19,20)21)15(25-17)12-8-22-16-11(12)5-4-6-14(16)27(2)3/h4-6,8,10,22,26H,7,9H2,1-3H3,(H2,23,24,25). The van der Waals surface area contributed by atoms with Crippen LogP contribution >= 0.6 is 7.92 Å². The lowest BCUT2D eigenvalue weighted by Gasteiger charge is -2.24. The van der Waals surface area contributed by atoms with E-state index in [-0.39, 0.29) is 18.2 Å². The number of nitrogens with zero attached hydrogens (tertiary/aromatic N) is 1. The first kappa shape index (κ1) is 19.7. The molecule has 4 N–H and O–H groups in total. The minimum absolute atomic E-state index is 0.00877. The zero-order valence-corrected chi connectivity index (χ0v) is 16.2. The predicted octanol–water partition coefficient (Wildman–Crippen LogP) is 2.74. The van der Waals surface area contributed by atoms with Gasteiger partial charge in [0.05, 0.1) is 29.4 Å². The van der Waals surface area contributed by atoms with Gasteiger partial charge in [0.25, 0.3) is 0 Å². The Hall–Kier alpha value is -2.05. The maximum absolute atomic E-state index is 13.6. The molecule has 9 heteroatoms. The van der Waals surface area contributed by atoms with Crippen LogP contribution in [-0.4, -0.2) is 54.7 Å². The van der Waals surface area contributed by atoms with Gasteiger partial charge in [-0.05, 0) is 25.6 Å². The Morgan fingerprint density at radius 3 is 2.70 bits per heavy atom. The molecular formula is C18H22F3N4OP. The van der Waals surface area contributed by atoms with Crippen molar-refractivity contribution in [2.24, 2.45) is 4.99 Å². The van der Waals surface area contributed by atoms with Crippen LogP contribution in [0.1, 0.15) is 12.5 Å². The molecular weight excluding hydrogens is 376 g/mol. The molecule has 0 aliphatic carbocycles. The highest BCUT2D eigenvalue weighted by atomic mass is 31.1. The van der Waals surface area contributed by atoms with Gasteiger partial charge in [-0.25, -0.2) is 4.99 Å². The molecule has 0 saturated heterocycles. The Labute approximate surface area is 156 Å². The number of rotatable bonds is 4. The Morgan fingerprint density at radius 1 is 1.33 bits per heavy atom. The number of halogens is 3. The van der Waals surface area contributed by atoms with E-state index in [2.05, 4.69) is 33.9 Å². The SMILES string of the molecule is CC(O)CNC1=NCC(C(F)(F)F)=C(c2c[nH]c3c(P(C)C)cccc23)N1. The van der Waals surface area contributed by atoms with Crippen molar-refractivity contribution in [1.82, 2.24) is 15.6 Å². The highest BCUT2D eigenvalue weighted by molar-refractivity contribution is 7.64.